The molecule has 0 aromatic heterocycles. The van der Waals surface area contributed by atoms with Gasteiger partial charge in [-0.25, -0.2) is 4.39 Å². The van der Waals surface area contributed by atoms with E-state index < -0.39 is 0 Å². The van der Waals surface area contributed by atoms with E-state index in [4.69, 9.17) is 4.74 Å². The lowest BCUT2D eigenvalue weighted by Crippen LogP contribution is -2.18. The first-order chi connectivity index (χ1) is 13.4. The van der Waals surface area contributed by atoms with E-state index in [1.165, 1.54) is 6.07 Å². The Morgan fingerprint density at radius 3 is 2.64 bits per heavy atom. The molecule has 1 aromatic rings. The second-order valence-corrected chi connectivity index (χ2v) is 7.79. The molecular weight excluding hydrogens is 353 g/mol. The van der Waals surface area contributed by atoms with Gasteiger partial charge >= 0.3 is 0 Å². The van der Waals surface area contributed by atoms with Gasteiger partial charge in [0, 0.05) is 13.5 Å². The molecule has 0 aliphatic heterocycles. The highest BCUT2D eigenvalue weighted by Gasteiger charge is 2.11. The molecule has 2 unspecified atom stereocenters. The first-order valence-corrected chi connectivity index (χ1v) is 10.3. The average Bonchev–Trinajstić information content (AvgIpc) is 2.68. The highest BCUT2D eigenvalue weighted by atomic mass is 19.1. The summed E-state index contributed by atoms with van der Waals surface area (Å²) in [6, 6.07) is 5.18. The minimum absolute atomic E-state index is 0.0701. The normalized spacial score (nSPS) is 13.5. The van der Waals surface area contributed by atoms with Gasteiger partial charge in [-0.05, 0) is 61.1 Å². The maximum absolute atomic E-state index is 13.9. The fraction of sp³-hybridized carbons (Fsp3) is 0.542. The van der Waals surface area contributed by atoms with Gasteiger partial charge in [-0.1, -0.05) is 45.1 Å². The van der Waals surface area contributed by atoms with Crippen LogP contribution in [0.2, 0.25) is 0 Å². The molecule has 0 fully saturated rings. The van der Waals surface area contributed by atoms with Crippen molar-refractivity contribution in [1.29, 1.82) is 0 Å². The molecule has 1 amide bonds. The van der Waals surface area contributed by atoms with Crippen LogP contribution in [-0.4, -0.2) is 19.6 Å². The van der Waals surface area contributed by atoms with Crippen LogP contribution >= 0.6 is 0 Å². The summed E-state index contributed by atoms with van der Waals surface area (Å²) in [6.07, 6.45) is 10.5. The van der Waals surface area contributed by atoms with Gasteiger partial charge in [0.15, 0.2) is 11.6 Å². The van der Waals surface area contributed by atoms with E-state index in [0.717, 1.165) is 31.2 Å². The molecule has 3 nitrogen and oxygen atoms in total. The summed E-state index contributed by atoms with van der Waals surface area (Å²) in [5, 5.41) is 2.65. The number of carbonyl (C=O) groups excluding carboxylic acids is 1. The third-order valence-corrected chi connectivity index (χ3v) is 4.82. The van der Waals surface area contributed by atoms with Crippen LogP contribution in [0.15, 0.2) is 43.0 Å². The lowest BCUT2D eigenvalue weighted by Gasteiger charge is -2.14. The number of rotatable bonds is 13. The zero-order chi connectivity index (χ0) is 20.9. The fourth-order valence-corrected chi connectivity index (χ4v) is 2.87. The number of hydrogen-bond donors (Lipinski definition) is 1. The van der Waals surface area contributed by atoms with Gasteiger partial charge in [-0.3, -0.25) is 4.79 Å². The minimum Gasteiger partial charge on any atom is -0.490 e. The summed E-state index contributed by atoms with van der Waals surface area (Å²) in [5.41, 5.74) is 1.10. The highest BCUT2D eigenvalue weighted by Crippen LogP contribution is 2.27. The molecule has 0 aliphatic carbocycles. The lowest BCUT2D eigenvalue weighted by atomic mass is 9.95. The van der Waals surface area contributed by atoms with Crippen LogP contribution in [0.3, 0.4) is 0 Å². The molecule has 1 aromatic carbocycles. The quantitative estimate of drug-likeness (QED) is 0.419. The van der Waals surface area contributed by atoms with Crippen molar-refractivity contribution in [3.05, 3.63) is 54.4 Å². The van der Waals surface area contributed by atoms with Gasteiger partial charge in [0.2, 0.25) is 5.91 Å². The molecule has 1 rings (SSSR count). The Hall–Kier alpha value is -2.10. The number of carbonyl (C=O) groups is 1. The molecule has 4 heteroatoms. The Morgan fingerprint density at radius 2 is 2.00 bits per heavy atom. The molecular formula is C24H36FNO2. The summed E-state index contributed by atoms with van der Waals surface area (Å²) >= 11 is 0. The van der Waals surface area contributed by atoms with E-state index in [1.807, 2.05) is 32.1 Å². The summed E-state index contributed by atoms with van der Waals surface area (Å²) in [7, 11) is 1.66. The zero-order valence-electron chi connectivity index (χ0n) is 17.8. The van der Waals surface area contributed by atoms with Crippen molar-refractivity contribution in [2.45, 2.75) is 58.8 Å². The van der Waals surface area contributed by atoms with Crippen molar-refractivity contribution in [3.63, 3.8) is 0 Å². The third-order valence-electron chi connectivity index (χ3n) is 4.82. The Balaban J connectivity index is 2.45. The molecule has 2 atom stereocenters. The molecule has 156 valence electrons. The van der Waals surface area contributed by atoms with Gasteiger partial charge in [0.1, 0.15) is 0 Å². The molecule has 0 radical (unpaired) electrons. The Bertz CT molecular complexity index is 639. The van der Waals surface area contributed by atoms with Crippen molar-refractivity contribution in [1.82, 2.24) is 5.32 Å². The molecule has 0 heterocycles. The van der Waals surface area contributed by atoms with Crippen LogP contribution in [0.4, 0.5) is 4.39 Å². The number of halogens is 1. The van der Waals surface area contributed by atoms with Crippen molar-refractivity contribution < 1.29 is 13.9 Å². The lowest BCUT2D eigenvalue weighted by molar-refractivity contribution is -0.120. The number of ether oxygens (including phenoxy) is 1. The Kier molecular flexibility index (Phi) is 11.2. The molecule has 0 bridgehead atoms. The second-order valence-electron chi connectivity index (χ2n) is 7.79. The number of amides is 1. The first kappa shape index (κ1) is 23.9. The van der Waals surface area contributed by atoms with Crippen molar-refractivity contribution in [2.24, 2.45) is 11.8 Å². The smallest absolute Gasteiger partial charge is 0.219 e. The van der Waals surface area contributed by atoms with Crippen LogP contribution in [0.1, 0.15) is 64.4 Å². The summed E-state index contributed by atoms with van der Waals surface area (Å²) < 4.78 is 19.5. The molecule has 28 heavy (non-hydrogen) atoms. The van der Waals surface area contributed by atoms with E-state index in [-0.39, 0.29) is 11.7 Å². The van der Waals surface area contributed by atoms with E-state index in [1.54, 1.807) is 7.05 Å². The monoisotopic (exact) mass is 389 g/mol. The van der Waals surface area contributed by atoms with Gasteiger partial charge in [-0.15, -0.1) is 6.58 Å². The van der Waals surface area contributed by atoms with Crippen LogP contribution in [-0.2, 0) is 4.79 Å². The molecule has 1 N–H and O–H groups in total. The minimum atomic E-state index is -0.302. The number of benzene rings is 1. The number of hydrogen-bond acceptors (Lipinski definition) is 2. The number of nitrogens with one attached hydrogen (secondary N) is 1. The van der Waals surface area contributed by atoms with Crippen LogP contribution in [0.5, 0.6) is 5.75 Å². The van der Waals surface area contributed by atoms with E-state index >= 15 is 0 Å². The van der Waals surface area contributed by atoms with Crippen LogP contribution in [0, 0.1) is 17.7 Å². The first-order valence-electron chi connectivity index (χ1n) is 10.3. The molecule has 0 spiro atoms. The highest BCUT2D eigenvalue weighted by molar-refractivity contribution is 5.75. The van der Waals surface area contributed by atoms with E-state index in [0.29, 0.717) is 36.5 Å². The maximum Gasteiger partial charge on any atom is 0.219 e. The third kappa shape index (κ3) is 9.20. The summed E-state index contributed by atoms with van der Waals surface area (Å²) in [4.78, 5) is 11.3. The predicted octanol–water partition coefficient (Wildman–Crippen LogP) is 6.02. The Labute approximate surface area is 170 Å². The molecule has 0 saturated carbocycles. The largest absolute Gasteiger partial charge is 0.490 e. The zero-order valence-corrected chi connectivity index (χ0v) is 17.8. The predicted molar refractivity (Wildman–Crippen MR) is 115 cm³/mol. The van der Waals surface area contributed by atoms with Gasteiger partial charge < -0.3 is 10.1 Å². The van der Waals surface area contributed by atoms with Crippen molar-refractivity contribution in [2.75, 3.05) is 13.7 Å². The average molecular weight is 390 g/mol. The van der Waals surface area contributed by atoms with Crippen LogP contribution < -0.4 is 10.1 Å². The molecule has 0 aliphatic rings. The maximum atomic E-state index is 13.9. The fourth-order valence-electron chi connectivity index (χ4n) is 2.87. The molecule has 0 saturated heterocycles. The van der Waals surface area contributed by atoms with Gasteiger partial charge in [-0.2, -0.15) is 0 Å². The van der Waals surface area contributed by atoms with Crippen LogP contribution in [0.25, 0.3) is 0 Å². The topological polar surface area (TPSA) is 38.3 Å². The van der Waals surface area contributed by atoms with Gasteiger partial charge in [0.05, 0.1) is 6.61 Å². The standard InChI is InChI=1S/C24H36FNO2/c1-6-20(12-15-24(27)26-5)11-9-7-8-10-19(4)21-13-14-22(25)23(16-21)28-17-18(2)3/h6-7,9,13-14,16,18-20H,1,8,10-12,15,17H2,2-5H3,(H,26,27)/b9-7+. The SMILES string of the molecule is C=CC(C/C=C/CCC(C)c1ccc(F)c(OCC(C)C)c1)CCC(=O)NC. The van der Waals surface area contributed by atoms with Crippen molar-refractivity contribution >= 4 is 5.91 Å². The summed E-state index contributed by atoms with van der Waals surface area (Å²) in [5.74, 6) is 1.13. The second kappa shape index (κ2) is 13.1. The van der Waals surface area contributed by atoms with E-state index in [2.05, 4.69) is 31.0 Å². The summed E-state index contributed by atoms with van der Waals surface area (Å²) in [6.45, 7) is 10.6. The Morgan fingerprint density at radius 1 is 1.25 bits per heavy atom. The van der Waals surface area contributed by atoms with Crippen molar-refractivity contribution in [3.8, 4) is 5.75 Å². The number of allylic oxidation sites excluding steroid dienone is 3. The van der Waals surface area contributed by atoms with Gasteiger partial charge in [0.25, 0.3) is 0 Å². The van der Waals surface area contributed by atoms with E-state index in [9.17, 15) is 9.18 Å².